The van der Waals surface area contributed by atoms with Crippen molar-refractivity contribution < 1.29 is 4.79 Å². The van der Waals surface area contributed by atoms with Crippen molar-refractivity contribution in [1.29, 1.82) is 0 Å². The lowest BCUT2D eigenvalue weighted by molar-refractivity contribution is -0.120. The number of aromatic nitrogens is 2. The number of benzene rings is 1. The number of rotatable bonds is 4. The fourth-order valence-corrected chi connectivity index (χ4v) is 1.76. The minimum atomic E-state index is -0.350. The average Bonchev–Trinajstić information content (AvgIpc) is 2.79. The number of aromatic amines is 2. The van der Waals surface area contributed by atoms with Gasteiger partial charge in [0.15, 0.2) is 0 Å². The molecule has 3 N–H and O–H groups in total. The van der Waals surface area contributed by atoms with Crippen LogP contribution in [0.15, 0.2) is 34.2 Å². The Balaban J connectivity index is 1.90. The summed E-state index contributed by atoms with van der Waals surface area (Å²) in [5, 5.41) is 9.56. The van der Waals surface area contributed by atoms with Crippen LogP contribution in [0.1, 0.15) is 11.3 Å². The average molecular weight is 313 g/mol. The summed E-state index contributed by atoms with van der Waals surface area (Å²) in [6.45, 7) is 0. The normalized spacial score (nSPS) is 10.9. The molecule has 0 aliphatic heterocycles. The summed E-state index contributed by atoms with van der Waals surface area (Å²) in [6, 6.07) is 6.29. The maximum atomic E-state index is 11.5. The molecule has 20 heavy (non-hydrogen) atoms. The summed E-state index contributed by atoms with van der Waals surface area (Å²) in [5.74, 6) is -0.350. The second-order valence-electron chi connectivity index (χ2n) is 3.93. The Hall–Kier alpha value is -2.05. The van der Waals surface area contributed by atoms with Gasteiger partial charge in [-0.2, -0.15) is 5.10 Å². The smallest absolute Gasteiger partial charge is 0.264 e. The minimum Gasteiger partial charge on any atom is -0.302 e. The fourth-order valence-electron chi connectivity index (χ4n) is 1.45. The monoisotopic (exact) mass is 312 g/mol. The third-order valence-corrected chi connectivity index (χ3v) is 3.09. The number of H-pyrrole nitrogens is 2. The Morgan fingerprint density at radius 3 is 2.70 bits per heavy atom. The van der Waals surface area contributed by atoms with Gasteiger partial charge in [-0.25, -0.2) is 5.43 Å². The van der Waals surface area contributed by atoms with Crippen LogP contribution in [-0.2, 0) is 11.2 Å². The molecule has 0 fully saturated rings. The van der Waals surface area contributed by atoms with Gasteiger partial charge in [-0.1, -0.05) is 29.3 Å². The molecule has 6 nitrogen and oxygen atoms in total. The standard InChI is InChI=1S/C12H10Cl2N4O2/c13-9-2-1-7(3-10(9)14)6-15-17-11(19)4-8-5-12(20)18-16-8/h1-3,5-6H,4H2,(H,17,19)(H2,16,18,20)/b15-6-. The summed E-state index contributed by atoms with van der Waals surface area (Å²) < 4.78 is 0. The van der Waals surface area contributed by atoms with Crippen molar-refractivity contribution in [3.05, 3.63) is 55.9 Å². The van der Waals surface area contributed by atoms with E-state index in [2.05, 4.69) is 20.7 Å². The van der Waals surface area contributed by atoms with E-state index in [4.69, 9.17) is 23.2 Å². The Bertz CT molecular complexity index is 705. The molecule has 1 amide bonds. The minimum absolute atomic E-state index is 0.0253. The van der Waals surface area contributed by atoms with E-state index in [1.54, 1.807) is 18.2 Å². The van der Waals surface area contributed by atoms with E-state index in [1.807, 2.05) is 0 Å². The summed E-state index contributed by atoms with van der Waals surface area (Å²) in [6.07, 6.45) is 1.47. The first-order valence-electron chi connectivity index (χ1n) is 5.58. The van der Waals surface area contributed by atoms with E-state index < -0.39 is 0 Å². The predicted octanol–water partition coefficient (Wildman–Crippen LogP) is 1.70. The molecule has 104 valence electrons. The number of carbonyl (C=O) groups excluding carboxylic acids is 1. The molecule has 0 aliphatic rings. The maximum absolute atomic E-state index is 11.5. The molecule has 2 rings (SSSR count). The fraction of sp³-hybridized carbons (Fsp3) is 0.0833. The predicted molar refractivity (Wildman–Crippen MR) is 77.3 cm³/mol. The van der Waals surface area contributed by atoms with Crippen molar-refractivity contribution in [2.24, 2.45) is 5.10 Å². The van der Waals surface area contributed by atoms with Crippen molar-refractivity contribution >= 4 is 35.3 Å². The lowest BCUT2D eigenvalue weighted by Gasteiger charge is -1.99. The molecule has 1 aromatic heterocycles. The Kier molecular flexibility index (Phi) is 4.60. The molecule has 0 atom stereocenters. The zero-order chi connectivity index (χ0) is 14.5. The van der Waals surface area contributed by atoms with E-state index >= 15 is 0 Å². The quantitative estimate of drug-likeness (QED) is 0.592. The molecule has 0 radical (unpaired) electrons. The maximum Gasteiger partial charge on any atom is 0.264 e. The molecule has 1 heterocycles. The highest BCUT2D eigenvalue weighted by Gasteiger charge is 2.04. The molecule has 0 aliphatic carbocycles. The lowest BCUT2D eigenvalue weighted by atomic mass is 10.2. The molecule has 8 heteroatoms. The number of hydrogen-bond donors (Lipinski definition) is 3. The summed E-state index contributed by atoms with van der Waals surface area (Å²) in [4.78, 5) is 22.4. The van der Waals surface area contributed by atoms with Crippen LogP contribution in [0, 0.1) is 0 Å². The van der Waals surface area contributed by atoms with Gasteiger partial charge in [-0.3, -0.25) is 14.7 Å². The molecule has 0 saturated carbocycles. The molecular weight excluding hydrogens is 303 g/mol. The lowest BCUT2D eigenvalue weighted by Crippen LogP contribution is -2.20. The third-order valence-electron chi connectivity index (χ3n) is 2.35. The van der Waals surface area contributed by atoms with Gasteiger partial charge in [-0.15, -0.1) is 0 Å². The second kappa shape index (κ2) is 6.40. The summed E-state index contributed by atoms with van der Waals surface area (Å²) in [5.41, 5.74) is 3.24. The largest absolute Gasteiger partial charge is 0.302 e. The molecule has 0 saturated heterocycles. The highest BCUT2D eigenvalue weighted by atomic mass is 35.5. The van der Waals surface area contributed by atoms with Gasteiger partial charge in [-0.05, 0) is 17.7 Å². The van der Waals surface area contributed by atoms with Gasteiger partial charge >= 0.3 is 0 Å². The van der Waals surface area contributed by atoms with Crippen LogP contribution in [0.5, 0.6) is 0 Å². The van der Waals surface area contributed by atoms with Crippen molar-refractivity contribution in [3.63, 3.8) is 0 Å². The zero-order valence-corrected chi connectivity index (χ0v) is 11.6. The Labute approximate surface area is 123 Å². The second-order valence-corrected chi connectivity index (χ2v) is 4.74. The van der Waals surface area contributed by atoms with E-state index in [9.17, 15) is 9.59 Å². The number of nitrogens with zero attached hydrogens (tertiary/aromatic N) is 1. The van der Waals surface area contributed by atoms with Gasteiger partial charge in [0.1, 0.15) is 0 Å². The molecule has 0 bridgehead atoms. The van der Waals surface area contributed by atoms with E-state index in [-0.39, 0.29) is 17.9 Å². The first-order chi connectivity index (χ1) is 9.54. The first kappa shape index (κ1) is 14.4. The van der Waals surface area contributed by atoms with Crippen LogP contribution in [0.4, 0.5) is 0 Å². The van der Waals surface area contributed by atoms with Gasteiger partial charge in [0.2, 0.25) is 5.91 Å². The zero-order valence-electron chi connectivity index (χ0n) is 10.1. The van der Waals surface area contributed by atoms with Crippen molar-refractivity contribution in [3.8, 4) is 0 Å². The van der Waals surface area contributed by atoms with E-state index in [0.717, 1.165) is 0 Å². The SMILES string of the molecule is O=C(Cc1cc(=O)[nH][nH]1)N/N=C\c1ccc(Cl)c(Cl)c1. The van der Waals surface area contributed by atoms with E-state index in [0.29, 0.717) is 21.3 Å². The third kappa shape index (κ3) is 3.97. The molecule has 1 aromatic carbocycles. The van der Waals surface area contributed by atoms with Crippen LogP contribution in [0.2, 0.25) is 10.0 Å². The van der Waals surface area contributed by atoms with Crippen LogP contribution < -0.4 is 11.0 Å². The molecular formula is C12H10Cl2N4O2. The number of hydrazone groups is 1. The van der Waals surface area contributed by atoms with E-state index in [1.165, 1.54) is 12.3 Å². The van der Waals surface area contributed by atoms with Gasteiger partial charge in [0.05, 0.1) is 22.7 Å². The topological polar surface area (TPSA) is 90.1 Å². The van der Waals surface area contributed by atoms with Gasteiger partial charge < -0.3 is 5.10 Å². The first-order valence-corrected chi connectivity index (χ1v) is 6.34. The summed E-state index contributed by atoms with van der Waals surface area (Å²) >= 11 is 11.6. The number of carbonyl (C=O) groups is 1. The molecule has 0 spiro atoms. The van der Waals surface area contributed by atoms with Crippen molar-refractivity contribution in [2.45, 2.75) is 6.42 Å². The molecule has 0 unspecified atom stereocenters. The molecule has 2 aromatic rings. The highest BCUT2D eigenvalue weighted by molar-refractivity contribution is 6.42. The number of hydrogen-bond acceptors (Lipinski definition) is 3. The van der Waals surface area contributed by atoms with Crippen molar-refractivity contribution in [1.82, 2.24) is 15.6 Å². The van der Waals surface area contributed by atoms with Crippen LogP contribution >= 0.6 is 23.2 Å². The highest BCUT2D eigenvalue weighted by Crippen LogP contribution is 2.21. The van der Waals surface area contributed by atoms with Gasteiger partial charge in [0, 0.05) is 11.8 Å². The number of amides is 1. The summed E-state index contributed by atoms with van der Waals surface area (Å²) in [7, 11) is 0. The number of halogens is 2. The van der Waals surface area contributed by atoms with Crippen LogP contribution in [-0.4, -0.2) is 22.3 Å². The van der Waals surface area contributed by atoms with Crippen LogP contribution in [0.25, 0.3) is 0 Å². The van der Waals surface area contributed by atoms with Gasteiger partial charge in [0.25, 0.3) is 5.56 Å². The number of nitrogens with one attached hydrogen (secondary N) is 3. The van der Waals surface area contributed by atoms with Crippen LogP contribution in [0.3, 0.4) is 0 Å². The Morgan fingerprint density at radius 2 is 2.05 bits per heavy atom. The van der Waals surface area contributed by atoms with Crippen molar-refractivity contribution in [2.75, 3.05) is 0 Å². The Morgan fingerprint density at radius 1 is 1.25 bits per heavy atom.